The summed E-state index contributed by atoms with van der Waals surface area (Å²) in [7, 11) is 1.46. The molecule has 1 heterocycles. The molecule has 132 valence electrons. The Morgan fingerprint density at radius 3 is 2.22 bits per heavy atom. The fourth-order valence-corrected chi connectivity index (χ4v) is 2.35. The summed E-state index contributed by atoms with van der Waals surface area (Å²) in [5.74, 6) is -0.331. The number of urea groups is 1. The molecule has 1 atom stereocenters. The largest absolute Gasteiger partial charge is 0.444 e. The predicted molar refractivity (Wildman–Crippen MR) is 86.0 cm³/mol. The van der Waals surface area contributed by atoms with Crippen LogP contribution in [0, 0.1) is 0 Å². The molecule has 23 heavy (non-hydrogen) atoms. The zero-order valence-electron chi connectivity index (χ0n) is 14.6. The summed E-state index contributed by atoms with van der Waals surface area (Å²) < 4.78 is 5.24. The summed E-state index contributed by atoms with van der Waals surface area (Å²) in [5.41, 5.74) is -0.517. The van der Waals surface area contributed by atoms with Gasteiger partial charge in [-0.3, -0.25) is 15.0 Å². The number of nitrogens with one attached hydrogen (secondary N) is 3. The number of imide groups is 1. The molecule has 4 amide bonds. The highest BCUT2D eigenvalue weighted by Gasteiger charge is 2.28. The smallest absolute Gasteiger partial charge is 0.407 e. The highest BCUT2D eigenvalue weighted by atomic mass is 16.6. The lowest BCUT2D eigenvalue weighted by molar-refractivity contribution is -0.125. The number of rotatable bonds is 3. The van der Waals surface area contributed by atoms with E-state index in [1.165, 1.54) is 7.05 Å². The number of likely N-dealkylation sites (tertiary alicyclic amines) is 1. The second-order valence-electron chi connectivity index (χ2n) is 6.70. The molecule has 1 saturated heterocycles. The van der Waals surface area contributed by atoms with Gasteiger partial charge in [0.25, 0.3) is 0 Å². The van der Waals surface area contributed by atoms with Gasteiger partial charge in [0.1, 0.15) is 5.60 Å². The zero-order chi connectivity index (χ0) is 17.6. The molecule has 8 nitrogen and oxygen atoms in total. The first-order valence-corrected chi connectivity index (χ1v) is 7.88. The van der Waals surface area contributed by atoms with Crippen molar-refractivity contribution >= 4 is 18.0 Å². The Morgan fingerprint density at radius 2 is 1.74 bits per heavy atom. The summed E-state index contributed by atoms with van der Waals surface area (Å²) in [5, 5.41) is 7.48. The van der Waals surface area contributed by atoms with E-state index in [9.17, 15) is 14.4 Å². The van der Waals surface area contributed by atoms with Crippen LogP contribution in [0.4, 0.5) is 9.59 Å². The van der Waals surface area contributed by atoms with E-state index in [-0.39, 0.29) is 11.9 Å². The van der Waals surface area contributed by atoms with E-state index in [1.807, 2.05) is 25.7 Å². The maximum atomic E-state index is 11.9. The summed E-state index contributed by atoms with van der Waals surface area (Å²) in [6, 6.07) is -0.867. The molecule has 0 aromatic rings. The number of nitrogens with zero attached hydrogens (tertiary/aromatic N) is 1. The monoisotopic (exact) mass is 328 g/mol. The summed E-state index contributed by atoms with van der Waals surface area (Å²) in [4.78, 5) is 36.8. The molecule has 0 aromatic heterocycles. The Morgan fingerprint density at radius 1 is 1.17 bits per heavy atom. The van der Waals surface area contributed by atoms with Crippen LogP contribution in [0.2, 0.25) is 0 Å². The highest BCUT2D eigenvalue weighted by Crippen LogP contribution is 2.14. The Hall–Kier alpha value is -1.83. The van der Waals surface area contributed by atoms with Gasteiger partial charge in [0.15, 0.2) is 0 Å². The van der Waals surface area contributed by atoms with Crippen molar-refractivity contribution in [1.82, 2.24) is 20.9 Å². The van der Waals surface area contributed by atoms with Gasteiger partial charge in [0.2, 0.25) is 5.91 Å². The van der Waals surface area contributed by atoms with Crippen LogP contribution in [0.3, 0.4) is 0 Å². The van der Waals surface area contributed by atoms with Crippen LogP contribution in [0.25, 0.3) is 0 Å². The van der Waals surface area contributed by atoms with E-state index in [2.05, 4.69) is 16.0 Å². The second-order valence-corrected chi connectivity index (χ2v) is 6.70. The van der Waals surface area contributed by atoms with Crippen LogP contribution in [0.5, 0.6) is 0 Å². The number of carbonyl (C=O) groups is 3. The number of carbonyl (C=O) groups excluding carboxylic acids is 3. The number of alkyl carbamates (subject to hydrolysis) is 1. The number of ether oxygens (including phenoxy) is 1. The molecule has 1 aliphatic heterocycles. The lowest BCUT2D eigenvalue weighted by atomic mass is 10.0. The molecule has 0 radical (unpaired) electrons. The lowest BCUT2D eigenvalue weighted by Gasteiger charge is -2.35. The summed E-state index contributed by atoms with van der Waals surface area (Å²) in [6.45, 7) is 8.57. The average Bonchev–Trinajstić information content (AvgIpc) is 2.45. The van der Waals surface area contributed by atoms with Gasteiger partial charge >= 0.3 is 12.1 Å². The molecule has 1 aliphatic rings. The summed E-state index contributed by atoms with van der Waals surface area (Å²) >= 11 is 0. The van der Waals surface area contributed by atoms with Crippen molar-refractivity contribution in [2.75, 3.05) is 20.1 Å². The molecular weight excluding hydrogens is 300 g/mol. The van der Waals surface area contributed by atoms with Crippen molar-refractivity contribution in [1.29, 1.82) is 0 Å². The maximum absolute atomic E-state index is 11.9. The zero-order valence-corrected chi connectivity index (χ0v) is 14.6. The van der Waals surface area contributed by atoms with Gasteiger partial charge in [-0.15, -0.1) is 0 Å². The highest BCUT2D eigenvalue weighted by molar-refractivity contribution is 5.96. The Kier molecular flexibility index (Phi) is 6.80. The van der Waals surface area contributed by atoms with Crippen molar-refractivity contribution in [3.8, 4) is 0 Å². The third-order valence-electron chi connectivity index (χ3n) is 3.64. The van der Waals surface area contributed by atoms with E-state index in [1.54, 1.807) is 6.92 Å². The molecule has 0 saturated carbocycles. The fraction of sp³-hybridized carbons (Fsp3) is 0.800. The van der Waals surface area contributed by atoms with E-state index >= 15 is 0 Å². The number of amides is 4. The first kappa shape index (κ1) is 19.2. The normalized spacial score (nSPS) is 18.0. The number of hydrogen-bond donors (Lipinski definition) is 3. The van der Waals surface area contributed by atoms with Gasteiger partial charge in [-0.2, -0.15) is 0 Å². The number of piperidine rings is 1. The Bertz CT molecular complexity index is 439. The van der Waals surface area contributed by atoms with Crippen LogP contribution in [0.1, 0.15) is 40.5 Å². The topological polar surface area (TPSA) is 99.8 Å². The third-order valence-corrected chi connectivity index (χ3v) is 3.64. The quantitative estimate of drug-likeness (QED) is 0.712. The molecule has 3 N–H and O–H groups in total. The van der Waals surface area contributed by atoms with Crippen LogP contribution in [-0.2, 0) is 9.53 Å². The maximum Gasteiger partial charge on any atom is 0.407 e. The van der Waals surface area contributed by atoms with E-state index in [0.29, 0.717) is 13.1 Å². The fourth-order valence-electron chi connectivity index (χ4n) is 2.35. The predicted octanol–water partition coefficient (Wildman–Crippen LogP) is 0.820. The minimum Gasteiger partial charge on any atom is -0.444 e. The van der Waals surface area contributed by atoms with Crippen molar-refractivity contribution in [3.05, 3.63) is 0 Å². The summed E-state index contributed by atoms with van der Waals surface area (Å²) in [6.07, 6.45) is 1.05. The minimum atomic E-state index is -0.517. The molecule has 1 rings (SSSR count). The van der Waals surface area contributed by atoms with E-state index < -0.39 is 23.8 Å². The van der Waals surface area contributed by atoms with Gasteiger partial charge in [0, 0.05) is 26.2 Å². The van der Waals surface area contributed by atoms with Crippen LogP contribution in [-0.4, -0.2) is 60.8 Å². The molecule has 0 spiro atoms. The van der Waals surface area contributed by atoms with Crippen LogP contribution in [0.15, 0.2) is 0 Å². The van der Waals surface area contributed by atoms with Crippen molar-refractivity contribution < 1.29 is 19.1 Å². The molecule has 1 unspecified atom stereocenters. The van der Waals surface area contributed by atoms with Crippen LogP contribution >= 0.6 is 0 Å². The molecule has 0 aliphatic carbocycles. The second kappa shape index (κ2) is 8.14. The molecule has 1 fully saturated rings. The SMILES string of the molecule is CNC(=O)NC(=O)C(C)N1CCC(NC(=O)OC(C)(C)C)CC1. The van der Waals surface area contributed by atoms with Crippen LogP contribution < -0.4 is 16.0 Å². The van der Waals surface area contributed by atoms with E-state index in [4.69, 9.17) is 4.74 Å². The van der Waals surface area contributed by atoms with Gasteiger partial charge in [-0.05, 0) is 40.5 Å². The van der Waals surface area contributed by atoms with Gasteiger partial charge in [-0.1, -0.05) is 0 Å². The Balaban J connectivity index is 2.38. The minimum absolute atomic E-state index is 0.0373. The van der Waals surface area contributed by atoms with Gasteiger partial charge in [-0.25, -0.2) is 9.59 Å². The average molecular weight is 328 g/mol. The molecule has 0 aromatic carbocycles. The third kappa shape index (κ3) is 6.85. The lowest BCUT2D eigenvalue weighted by Crippen LogP contribution is -2.53. The molecule has 8 heteroatoms. The molecule has 0 bridgehead atoms. The van der Waals surface area contributed by atoms with Crippen molar-refractivity contribution in [2.45, 2.75) is 58.2 Å². The number of hydrogen-bond acceptors (Lipinski definition) is 5. The standard InChI is InChI=1S/C15H28N4O4/c1-10(12(20)18-13(21)16-5)19-8-6-11(7-9-19)17-14(22)23-15(2,3)4/h10-11H,6-9H2,1-5H3,(H,17,22)(H2,16,18,20,21). The first-order valence-electron chi connectivity index (χ1n) is 7.88. The Labute approximate surface area is 137 Å². The van der Waals surface area contributed by atoms with E-state index in [0.717, 1.165) is 12.8 Å². The van der Waals surface area contributed by atoms with Crippen molar-refractivity contribution in [2.24, 2.45) is 0 Å². The molecular formula is C15H28N4O4. The van der Waals surface area contributed by atoms with Gasteiger partial charge < -0.3 is 15.4 Å². The van der Waals surface area contributed by atoms with Gasteiger partial charge in [0.05, 0.1) is 6.04 Å². The van der Waals surface area contributed by atoms with Crippen molar-refractivity contribution in [3.63, 3.8) is 0 Å². The first-order chi connectivity index (χ1) is 10.6.